The van der Waals surface area contributed by atoms with E-state index >= 15 is 0 Å². The molecular weight excluding hydrogens is 578 g/mol. The molecule has 0 amide bonds. The van der Waals surface area contributed by atoms with Gasteiger partial charge in [-0.05, 0) is 41.5 Å². The molecule has 5 aromatic carbocycles. The minimum atomic E-state index is 0.613. The minimum Gasteiger partial charge on any atom is -0.438 e. The highest BCUT2D eigenvalue weighted by atomic mass is 16.3. The van der Waals surface area contributed by atoms with E-state index < -0.39 is 0 Å². The number of rotatable bonds is 5. The van der Waals surface area contributed by atoms with E-state index in [9.17, 15) is 0 Å². The third-order valence-electron chi connectivity index (χ3n) is 8.42. The molecule has 47 heavy (non-hydrogen) atoms. The monoisotopic (exact) mass is 603 g/mol. The first-order valence-electron chi connectivity index (χ1n) is 15.4. The molecule has 0 unspecified atom stereocenters. The maximum Gasteiger partial charge on any atom is 0.227 e. The normalized spacial score (nSPS) is 11.4. The Morgan fingerprint density at radius 1 is 0.404 bits per heavy atom. The van der Waals surface area contributed by atoms with Gasteiger partial charge in [0.2, 0.25) is 5.71 Å². The largest absolute Gasteiger partial charge is 0.438 e. The zero-order valence-electron chi connectivity index (χ0n) is 25.1. The first-order chi connectivity index (χ1) is 23.3. The van der Waals surface area contributed by atoms with Gasteiger partial charge in [0, 0.05) is 44.6 Å². The topological polar surface area (TPSA) is 77.6 Å². The van der Waals surface area contributed by atoms with E-state index in [-0.39, 0.29) is 0 Å². The Balaban J connectivity index is 1.16. The molecular formula is C41H25N5O. The summed E-state index contributed by atoms with van der Waals surface area (Å²) in [6, 6.07) is 48.8. The van der Waals surface area contributed by atoms with Crippen molar-refractivity contribution < 1.29 is 4.42 Å². The van der Waals surface area contributed by atoms with Gasteiger partial charge in [0.15, 0.2) is 17.5 Å². The van der Waals surface area contributed by atoms with Gasteiger partial charge in [0.05, 0.1) is 11.2 Å². The van der Waals surface area contributed by atoms with Crippen LogP contribution in [0.2, 0.25) is 0 Å². The van der Waals surface area contributed by atoms with Crippen LogP contribution in [-0.4, -0.2) is 24.9 Å². The number of nitrogens with zero attached hydrogens (tertiary/aromatic N) is 5. The van der Waals surface area contributed by atoms with E-state index in [1.807, 2.05) is 103 Å². The van der Waals surface area contributed by atoms with Crippen molar-refractivity contribution >= 4 is 33.0 Å². The molecule has 0 atom stereocenters. The van der Waals surface area contributed by atoms with Crippen molar-refractivity contribution in [3.63, 3.8) is 0 Å². The lowest BCUT2D eigenvalue weighted by atomic mass is 9.97. The summed E-state index contributed by atoms with van der Waals surface area (Å²) >= 11 is 0. The summed E-state index contributed by atoms with van der Waals surface area (Å²) in [5.74, 6) is 1.88. The number of hydrogen-bond acceptors (Lipinski definition) is 6. The highest BCUT2D eigenvalue weighted by molar-refractivity contribution is 6.05. The van der Waals surface area contributed by atoms with Crippen LogP contribution in [0.3, 0.4) is 0 Å². The fourth-order valence-electron chi connectivity index (χ4n) is 6.15. The first kappa shape index (κ1) is 26.8. The summed E-state index contributed by atoms with van der Waals surface area (Å²) in [4.78, 5) is 24.5. The number of furan rings is 1. The summed E-state index contributed by atoms with van der Waals surface area (Å²) in [6.45, 7) is 0. The molecule has 0 saturated heterocycles. The van der Waals surface area contributed by atoms with E-state index in [0.717, 1.165) is 66.3 Å². The fourth-order valence-corrected chi connectivity index (χ4v) is 6.15. The van der Waals surface area contributed by atoms with Crippen molar-refractivity contribution in [2.75, 3.05) is 0 Å². The molecule has 0 spiro atoms. The molecule has 0 N–H and O–H groups in total. The third-order valence-corrected chi connectivity index (χ3v) is 8.42. The van der Waals surface area contributed by atoms with Crippen LogP contribution in [-0.2, 0) is 0 Å². The fraction of sp³-hybridized carbons (Fsp3) is 0. The zero-order chi connectivity index (χ0) is 31.2. The molecule has 0 aliphatic heterocycles. The number of aromatic nitrogens is 5. The van der Waals surface area contributed by atoms with Crippen molar-refractivity contribution in [1.82, 2.24) is 24.9 Å². The van der Waals surface area contributed by atoms with E-state index in [1.165, 1.54) is 0 Å². The number of para-hydroxylation sites is 2. The Hall–Kier alpha value is -6.53. The van der Waals surface area contributed by atoms with Gasteiger partial charge >= 0.3 is 0 Å². The SMILES string of the molecule is c1ccc(-c2nc(-c3ccccc3)nc(-c3cccc(-c4ccnc5c(-c6ccc7c(n6)oc6ccccc67)cccc45)c3)n2)cc1. The van der Waals surface area contributed by atoms with Crippen LogP contribution in [0.25, 0.3) is 89.5 Å². The van der Waals surface area contributed by atoms with E-state index in [1.54, 1.807) is 0 Å². The van der Waals surface area contributed by atoms with Crippen LogP contribution >= 0.6 is 0 Å². The quantitative estimate of drug-likeness (QED) is 0.195. The molecule has 0 fully saturated rings. The second kappa shape index (κ2) is 11.1. The number of pyridine rings is 2. The number of hydrogen-bond donors (Lipinski definition) is 0. The van der Waals surface area contributed by atoms with Crippen LogP contribution in [0.4, 0.5) is 0 Å². The second-order valence-electron chi connectivity index (χ2n) is 11.3. The maximum absolute atomic E-state index is 6.10. The van der Waals surface area contributed by atoms with Gasteiger partial charge in [0.25, 0.3) is 0 Å². The maximum atomic E-state index is 6.10. The van der Waals surface area contributed by atoms with Crippen LogP contribution in [0.15, 0.2) is 156 Å². The van der Waals surface area contributed by atoms with Crippen molar-refractivity contribution in [2.45, 2.75) is 0 Å². The number of fused-ring (bicyclic) bond motifs is 4. The average Bonchev–Trinajstić information content (AvgIpc) is 3.53. The Bertz CT molecular complexity index is 2520. The summed E-state index contributed by atoms with van der Waals surface area (Å²) in [6.07, 6.45) is 1.86. The van der Waals surface area contributed by atoms with Crippen molar-refractivity contribution in [3.05, 3.63) is 152 Å². The van der Waals surface area contributed by atoms with Gasteiger partial charge in [-0.1, -0.05) is 115 Å². The molecule has 220 valence electrons. The summed E-state index contributed by atoms with van der Waals surface area (Å²) < 4.78 is 6.10. The first-order valence-corrected chi connectivity index (χ1v) is 15.4. The van der Waals surface area contributed by atoms with Gasteiger partial charge < -0.3 is 4.42 Å². The summed E-state index contributed by atoms with van der Waals surface area (Å²) in [5, 5.41) is 3.09. The molecule has 4 heterocycles. The number of benzene rings is 5. The lowest BCUT2D eigenvalue weighted by Gasteiger charge is -2.12. The average molecular weight is 604 g/mol. The lowest BCUT2D eigenvalue weighted by Crippen LogP contribution is -2.00. The molecule has 0 bridgehead atoms. The van der Waals surface area contributed by atoms with Crippen LogP contribution in [0, 0.1) is 0 Å². The predicted molar refractivity (Wildman–Crippen MR) is 187 cm³/mol. The molecule has 0 saturated carbocycles. The summed E-state index contributed by atoms with van der Waals surface area (Å²) in [7, 11) is 0. The Morgan fingerprint density at radius 3 is 1.79 bits per heavy atom. The van der Waals surface area contributed by atoms with Crippen molar-refractivity contribution in [1.29, 1.82) is 0 Å². The molecule has 9 aromatic rings. The van der Waals surface area contributed by atoms with Gasteiger partial charge in [-0.2, -0.15) is 0 Å². The van der Waals surface area contributed by atoms with Gasteiger partial charge in [0.1, 0.15) is 5.58 Å². The minimum absolute atomic E-state index is 0.613. The molecule has 9 rings (SSSR count). The Kier molecular flexibility index (Phi) is 6.35. The standard InChI is InChI=1S/C41H25N5O/c1-3-11-26(12-4-1)38-44-39(27-13-5-2-6-14-27)46-40(45-38)29-16-9-15-28(25-29)30-23-24-42-37-32(30)18-10-19-34(37)35-22-21-33-31-17-7-8-20-36(31)47-41(33)43-35/h1-25H. The Morgan fingerprint density at radius 2 is 1.02 bits per heavy atom. The molecule has 0 aliphatic rings. The van der Waals surface area contributed by atoms with Crippen LogP contribution in [0.5, 0.6) is 0 Å². The zero-order valence-corrected chi connectivity index (χ0v) is 25.1. The van der Waals surface area contributed by atoms with Gasteiger partial charge in [-0.15, -0.1) is 0 Å². The second-order valence-corrected chi connectivity index (χ2v) is 11.3. The molecule has 0 radical (unpaired) electrons. The summed E-state index contributed by atoms with van der Waals surface area (Å²) in [5.41, 5.74) is 8.95. The van der Waals surface area contributed by atoms with E-state index in [2.05, 4.69) is 48.5 Å². The lowest BCUT2D eigenvalue weighted by molar-refractivity contribution is 0.654. The molecule has 0 aliphatic carbocycles. The van der Waals surface area contributed by atoms with Gasteiger partial charge in [-0.3, -0.25) is 4.98 Å². The van der Waals surface area contributed by atoms with Gasteiger partial charge in [-0.25, -0.2) is 19.9 Å². The molecule has 4 aromatic heterocycles. The molecule has 6 nitrogen and oxygen atoms in total. The highest BCUT2D eigenvalue weighted by Crippen LogP contribution is 2.36. The Labute approximate surface area is 270 Å². The highest BCUT2D eigenvalue weighted by Gasteiger charge is 2.16. The van der Waals surface area contributed by atoms with E-state index in [0.29, 0.717) is 23.2 Å². The third kappa shape index (κ3) is 4.80. The van der Waals surface area contributed by atoms with Crippen molar-refractivity contribution in [3.8, 4) is 56.5 Å². The smallest absolute Gasteiger partial charge is 0.227 e. The van der Waals surface area contributed by atoms with Crippen molar-refractivity contribution in [2.24, 2.45) is 0 Å². The predicted octanol–water partition coefficient (Wildman–Crippen LogP) is 10.0. The van der Waals surface area contributed by atoms with E-state index in [4.69, 9.17) is 29.3 Å². The van der Waals surface area contributed by atoms with Crippen LogP contribution < -0.4 is 0 Å². The molecule has 6 heteroatoms. The van der Waals surface area contributed by atoms with Crippen LogP contribution in [0.1, 0.15) is 0 Å².